The van der Waals surface area contributed by atoms with Crippen LogP contribution in [0.2, 0.25) is 0 Å². The molecule has 190 valence electrons. The zero-order valence-corrected chi connectivity index (χ0v) is 22.9. The van der Waals surface area contributed by atoms with Crippen LogP contribution in [0.4, 0.5) is 5.69 Å². The Hall–Kier alpha value is -3.26. The maximum absolute atomic E-state index is 2.66. The first-order valence-electron chi connectivity index (χ1n) is 15.3. The summed E-state index contributed by atoms with van der Waals surface area (Å²) in [6.07, 6.45) is 13.5. The molecular formula is C37H32N2. The van der Waals surface area contributed by atoms with Gasteiger partial charge in [0.25, 0.3) is 0 Å². The smallest absolute Gasteiger partial charge is 0.138 e. The van der Waals surface area contributed by atoms with E-state index in [0.717, 1.165) is 6.42 Å². The first-order valence-corrected chi connectivity index (χ1v) is 15.3. The second-order valence-electron chi connectivity index (χ2n) is 13.6. The van der Waals surface area contributed by atoms with Crippen molar-refractivity contribution in [3.63, 3.8) is 0 Å². The summed E-state index contributed by atoms with van der Waals surface area (Å²) in [7, 11) is 0. The lowest BCUT2D eigenvalue weighted by atomic mass is 9.55. The number of nitrogens with zero attached hydrogens (tertiary/aromatic N) is 2. The number of rotatable bonds is 0. The molecule has 3 aliphatic heterocycles. The van der Waals surface area contributed by atoms with Crippen molar-refractivity contribution >= 4 is 33.3 Å². The second kappa shape index (κ2) is 6.54. The Balaban J connectivity index is 1.21. The van der Waals surface area contributed by atoms with Crippen molar-refractivity contribution in [3.8, 4) is 0 Å². The Morgan fingerprint density at radius 2 is 1.67 bits per heavy atom. The molecule has 0 amide bonds. The molecule has 0 saturated carbocycles. The summed E-state index contributed by atoms with van der Waals surface area (Å²) in [6.45, 7) is 12.2. The SMILES string of the molecule is CC1=C2CCCc3cc4c5c(c32)N([CH]1)[CH]C1=C5C2C3=C([CH-][n+]5cc(C)c6c7c(cc(c3c75)CC2C4)CCC6)C1. The number of allylic oxidation sites excluding steroid dienone is 4. The standard InChI is InChI=1S/C37H32N2/c1-18-14-38-16-25-13-26-17-39-15-19(2)28-8-4-6-21-10-24-12-22-11-23-9-20-5-3-7-27(18)29(20)36(38)34(23)32(25)31(22)33(26)35(24)37(39)30(21)28/h9-10,14-17,22,31H,3-8,11-13H2,1-2H3. The van der Waals surface area contributed by atoms with Crippen LogP contribution in [-0.2, 0) is 32.1 Å². The third-order valence-electron chi connectivity index (χ3n) is 11.7. The lowest BCUT2D eigenvalue weighted by molar-refractivity contribution is -0.602. The highest BCUT2D eigenvalue weighted by atomic mass is 15.1. The molecule has 0 bridgehead atoms. The monoisotopic (exact) mass is 504 g/mol. The Labute approximate surface area is 230 Å². The normalized spacial score (nSPS) is 25.9. The van der Waals surface area contributed by atoms with Gasteiger partial charge in [-0.2, -0.15) is 0 Å². The van der Waals surface area contributed by atoms with Gasteiger partial charge in [-0.25, -0.2) is 0 Å². The predicted molar refractivity (Wildman–Crippen MR) is 157 cm³/mol. The van der Waals surface area contributed by atoms with Crippen LogP contribution in [0.15, 0.2) is 35.0 Å². The molecule has 39 heavy (non-hydrogen) atoms. The fourth-order valence-corrected chi connectivity index (χ4v) is 10.4. The molecule has 2 heteroatoms. The zero-order chi connectivity index (χ0) is 25.3. The van der Waals surface area contributed by atoms with Gasteiger partial charge in [0.15, 0.2) is 0 Å². The first kappa shape index (κ1) is 20.6. The topological polar surface area (TPSA) is 7.12 Å². The first-order chi connectivity index (χ1) is 19.1. The number of pyridine rings is 1. The van der Waals surface area contributed by atoms with Gasteiger partial charge in [-0.15, -0.1) is 0 Å². The Kier molecular flexibility index (Phi) is 3.46. The average molecular weight is 505 g/mol. The minimum Gasteiger partial charge on any atom is -0.352 e. The van der Waals surface area contributed by atoms with Gasteiger partial charge in [0.1, 0.15) is 5.52 Å². The molecule has 2 radical (unpaired) electrons. The van der Waals surface area contributed by atoms with Crippen LogP contribution in [0.3, 0.4) is 0 Å². The van der Waals surface area contributed by atoms with E-state index in [-0.39, 0.29) is 0 Å². The second-order valence-corrected chi connectivity index (χ2v) is 13.6. The average Bonchev–Trinajstić information content (AvgIpc) is 2.94. The van der Waals surface area contributed by atoms with Crippen LogP contribution in [0.1, 0.15) is 82.7 Å². The van der Waals surface area contributed by atoms with E-state index in [0.29, 0.717) is 11.8 Å². The molecule has 5 aliphatic carbocycles. The zero-order valence-electron chi connectivity index (χ0n) is 22.9. The van der Waals surface area contributed by atoms with Crippen molar-refractivity contribution < 1.29 is 4.57 Å². The van der Waals surface area contributed by atoms with Gasteiger partial charge in [-0.05, 0) is 139 Å². The lowest BCUT2D eigenvalue weighted by Crippen LogP contribution is -2.45. The number of aromatic nitrogens is 1. The van der Waals surface area contributed by atoms with Crippen molar-refractivity contribution in [1.29, 1.82) is 0 Å². The fraction of sp³-hybridized carbons (Fsp3) is 0.351. The molecule has 8 aliphatic rings. The summed E-state index contributed by atoms with van der Waals surface area (Å²) in [5, 5.41) is 1.60. The molecule has 2 atom stereocenters. The quantitative estimate of drug-likeness (QED) is 0.233. The van der Waals surface area contributed by atoms with Crippen LogP contribution in [-0.4, -0.2) is 0 Å². The van der Waals surface area contributed by atoms with E-state index in [1.807, 2.05) is 0 Å². The van der Waals surface area contributed by atoms with Crippen LogP contribution < -0.4 is 9.47 Å². The molecule has 4 heterocycles. The number of benzene rings is 2. The Morgan fingerprint density at radius 3 is 2.59 bits per heavy atom. The van der Waals surface area contributed by atoms with Crippen molar-refractivity contribution in [1.82, 2.24) is 0 Å². The molecule has 2 aromatic carbocycles. The van der Waals surface area contributed by atoms with E-state index in [1.54, 1.807) is 77.8 Å². The summed E-state index contributed by atoms with van der Waals surface area (Å²) < 4.78 is 2.54. The van der Waals surface area contributed by atoms with Crippen LogP contribution in [0, 0.1) is 38.4 Å². The molecule has 0 fully saturated rings. The number of hydrogen-bond donors (Lipinski definition) is 0. The van der Waals surface area contributed by atoms with Gasteiger partial charge in [-0.3, -0.25) is 4.57 Å². The summed E-state index contributed by atoms with van der Waals surface area (Å²) in [5.41, 5.74) is 27.2. The van der Waals surface area contributed by atoms with E-state index in [9.17, 15) is 0 Å². The minimum atomic E-state index is 0.544. The molecule has 2 unspecified atom stereocenters. The van der Waals surface area contributed by atoms with Crippen LogP contribution in [0.25, 0.3) is 27.6 Å². The maximum Gasteiger partial charge on any atom is 0.138 e. The van der Waals surface area contributed by atoms with E-state index >= 15 is 0 Å². The van der Waals surface area contributed by atoms with Gasteiger partial charge in [0.2, 0.25) is 0 Å². The Bertz CT molecular complexity index is 1890. The summed E-state index contributed by atoms with van der Waals surface area (Å²) in [4.78, 5) is 2.54. The summed E-state index contributed by atoms with van der Waals surface area (Å²) >= 11 is 0. The van der Waals surface area contributed by atoms with Gasteiger partial charge < -0.3 is 4.90 Å². The third-order valence-corrected chi connectivity index (χ3v) is 11.7. The molecule has 0 spiro atoms. The summed E-state index contributed by atoms with van der Waals surface area (Å²) in [5.74, 6) is 1.22. The van der Waals surface area contributed by atoms with Gasteiger partial charge in [0.05, 0.1) is 31.5 Å². The highest BCUT2D eigenvalue weighted by Gasteiger charge is 2.49. The molecule has 2 nitrogen and oxygen atoms in total. The minimum absolute atomic E-state index is 0.544. The summed E-state index contributed by atoms with van der Waals surface area (Å²) in [6, 6.07) is 5.33. The maximum atomic E-state index is 2.66. The van der Waals surface area contributed by atoms with Crippen molar-refractivity contribution in [2.24, 2.45) is 11.8 Å². The van der Waals surface area contributed by atoms with E-state index in [4.69, 9.17) is 0 Å². The lowest BCUT2D eigenvalue weighted by Gasteiger charge is -2.53. The van der Waals surface area contributed by atoms with Crippen molar-refractivity contribution in [2.45, 2.75) is 71.6 Å². The van der Waals surface area contributed by atoms with Crippen LogP contribution in [0.5, 0.6) is 0 Å². The van der Waals surface area contributed by atoms with Crippen molar-refractivity contribution in [3.05, 3.63) is 105 Å². The molecule has 1 aromatic heterocycles. The van der Waals surface area contributed by atoms with Gasteiger partial charge in [0, 0.05) is 16.5 Å². The fourth-order valence-electron chi connectivity index (χ4n) is 10.4. The Morgan fingerprint density at radius 1 is 0.846 bits per heavy atom. The molecular weight excluding hydrogens is 472 g/mol. The largest absolute Gasteiger partial charge is 0.352 e. The molecule has 0 N–H and O–H groups in total. The van der Waals surface area contributed by atoms with Crippen LogP contribution >= 0.6 is 0 Å². The molecule has 3 aromatic rings. The van der Waals surface area contributed by atoms with Gasteiger partial charge in [-0.1, -0.05) is 28.8 Å². The van der Waals surface area contributed by atoms with E-state index in [2.05, 4.69) is 61.3 Å². The molecule has 0 saturated heterocycles. The van der Waals surface area contributed by atoms with Crippen molar-refractivity contribution in [2.75, 3.05) is 4.90 Å². The molecule has 11 rings (SSSR count). The highest BCUT2D eigenvalue weighted by molar-refractivity contribution is 6.07. The third kappa shape index (κ3) is 2.25. The number of anilines is 1. The predicted octanol–water partition coefficient (Wildman–Crippen LogP) is 7.17. The number of aryl methyl sites for hydroxylation is 4. The number of hydrogen-bond acceptors (Lipinski definition) is 1. The van der Waals surface area contributed by atoms with E-state index < -0.39 is 0 Å². The van der Waals surface area contributed by atoms with E-state index in [1.165, 1.54) is 73.7 Å². The highest BCUT2D eigenvalue weighted by Crippen LogP contribution is 2.64. The van der Waals surface area contributed by atoms with Gasteiger partial charge >= 0.3 is 0 Å².